The molecule has 0 fully saturated rings. The first-order valence-electron chi connectivity index (χ1n) is 7.89. The number of pyridine rings is 1. The molecule has 1 heterocycles. The Bertz CT molecular complexity index is 758. The van der Waals surface area contributed by atoms with Gasteiger partial charge in [-0.15, -0.1) is 0 Å². The van der Waals surface area contributed by atoms with Crippen LogP contribution in [-0.4, -0.2) is 23.3 Å². The number of para-hydroxylation sites is 1. The van der Waals surface area contributed by atoms with Crippen molar-refractivity contribution in [3.8, 4) is 0 Å². The Hall–Kier alpha value is -2.11. The molecule has 2 aromatic rings. The summed E-state index contributed by atoms with van der Waals surface area (Å²) in [6.45, 7) is 4.72. The van der Waals surface area contributed by atoms with Gasteiger partial charge in [-0.1, -0.05) is 49.2 Å². The summed E-state index contributed by atoms with van der Waals surface area (Å²) < 4.78 is 0. The minimum atomic E-state index is -0.494. The molecule has 0 aliphatic rings. The summed E-state index contributed by atoms with van der Waals surface area (Å²) in [6.07, 6.45) is 0.872. The van der Waals surface area contributed by atoms with Crippen LogP contribution in [-0.2, 0) is 0 Å². The molecule has 0 atom stereocenters. The highest BCUT2D eigenvalue weighted by Gasteiger charge is 2.15. The van der Waals surface area contributed by atoms with E-state index in [1.165, 1.54) is 6.07 Å². The van der Waals surface area contributed by atoms with E-state index >= 15 is 0 Å². The van der Waals surface area contributed by atoms with Crippen LogP contribution in [0.15, 0.2) is 36.4 Å². The predicted octanol–water partition coefficient (Wildman–Crippen LogP) is 4.42. The highest BCUT2D eigenvalue weighted by molar-refractivity contribution is 6.40. The van der Waals surface area contributed by atoms with Crippen LogP contribution in [0.3, 0.4) is 0 Å². The van der Waals surface area contributed by atoms with Gasteiger partial charge in [-0.25, -0.2) is 4.98 Å². The second kappa shape index (κ2) is 8.83. The number of aromatic nitrogens is 1. The molecule has 1 aromatic carbocycles. The minimum Gasteiger partial charge on any atom is -0.351 e. The number of nitrogens with one attached hydrogen (secondary N) is 2. The third kappa shape index (κ3) is 5.44. The van der Waals surface area contributed by atoms with Crippen LogP contribution in [0.25, 0.3) is 0 Å². The number of carbonyl (C=O) groups excluding carboxylic acids is 2. The summed E-state index contributed by atoms with van der Waals surface area (Å²) in [5, 5.41) is 6.06. The summed E-state index contributed by atoms with van der Waals surface area (Å²) in [7, 11) is 0. The van der Waals surface area contributed by atoms with E-state index in [1.54, 1.807) is 30.3 Å². The van der Waals surface area contributed by atoms with Gasteiger partial charge in [-0.3, -0.25) is 9.59 Å². The fraction of sp³-hybridized carbons (Fsp3) is 0.278. The molecule has 132 valence electrons. The van der Waals surface area contributed by atoms with Crippen molar-refractivity contribution in [3.05, 3.63) is 57.8 Å². The standard InChI is InChI=1S/C18H19Cl2N3O2/c1-11(2)9-10-21-17(24)14-7-4-8-15(22-14)18(25)23-16-12(19)5-3-6-13(16)20/h3-8,11H,9-10H2,1-2H3,(H,21,24)(H,23,25). The van der Waals surface area contributed by atoms with Crippen molar-refractivity contribution >= 4 is 40.7 Å². The maximum absolute atomic E-state index is 12.4. The van der Waals surface area contributed by atoms with E-state index in [0.717, 1.165) is 6.42 Å². The molecule has 0 unspecified atom stereocenters. The summed E-state index contributed by atoms with van der Waals surface area (Å²) in [4.78, 5) is 28.6. The fourth-order valence-corrected chi connectivity index (χ4v) is 2.54. The molecule has 2 N–H and O–H groups in total. The maximum atomic E-state index is 12.4. The normalized spacial score (nSPS) is 10.6. The van der Waals surface area contributed by atoms with Gasteiger partial charge in [0.1, 0.15) is 11.4 Å². The average molecular weight is 380 g/mol. The molecule has 0 bridgehead atoms. The van der Waals surface area contributed by atoms with Crippen LogP contribution in [0.4, 0.5) is 5.69 Å². The number of rotatable bonds is 6. The van der Waals surface area contributed by atoms with Crippen molar-refractivity contribution in [2.24, 2.45) is 5.92 Å². The Morgan fingerprint density at radius 2 is 1.56 bits per heavy atom. The number of hydrogen-bond acceptors (Lipinski definition) is 3. The van der Waals surface area contributed by atoms with Crippen LogP contribution >= 0.6 is 23.2 Å². The summed E-state index contributed by atoms with van der Waals surface area (Å²) in [6, 6.07) is 9.60. The zero-order chi connectivity index (χ0) is 18.4. The van der Waals surface area contributed by atoms with Crippen molar-refractivity contribution < 1.29 is 9.59 Å². The molecular weight excluding hydrogens is 361 g/mol. The Morgan fingerprint density at radius 1 is 1.00 bits per heavy atom. The van der Waals surface area contributed by atoms with Crippen LogP contribution < -0.4 is 10.6 Å². The Morgan fingerprint density at radius 3 is 2.16 bits per heavy atom. The second-order valence-electron chi connectivity index (χ2n) is 5.90. The number of anilines is 1. The molecule has 0 aliphatic carbocycles. The van der Waals surface area contributed by atoms with Gasteiger partial charge < -0.3 is 10.6 Å². The molecule has 1 aromatic heterocycles. The molecule has 2 rings (SSSR count). The SMILES string of the molecule is CC(C)CCNC(=O)c1cccc(C(=O)Nc2c(Cl)cccc2Cl)n1. The molecule has 2 amide bonds. The second-order valence-corrected chi connectivity index (χ2v) is 6.71. The smallest absolute Gasteiger partial charge is 0.274 e. The number of carbonyl (C=O) groups is 2. The molecule has 0 aliphatic heterocycles. The first kappa shape index (κ1) is 19.2. The lowest BCUT2D eigenvalue weighted by molar-refractivity contribution is 0.0947. The number of hydrogen-bond donors (Lipinski definition) is 2. The Kier molecular flexibility index (Phi) is 6.79. The van der Waals surface area contributed by atoms with E-state index in [2.05, 4.69) is 29.5 Å². The highest BCUT2D eigenvalue weighted by atomic mass is 35.5. The van der Waals surface area contributed by atoms with Gasteiger partial charge in [0.25, 0.3) is 11.8 Å². The first-order chi connectivity index (χ1) is 11.9. The molecule has 7 heteroatoms. The van der Waals surface area contributed by atoms with Gasteiger partial charge in [0.05, 0.1) is 15.7 Å². The van der Waals surface area contributed by atoms with Crippen molar-refractivity contribution in [3.63, 3.8) is 0 Å². The van der Waals surface area contributed by atoms with Gasteiger partial charge in [0.15, 0.2) is 0 Å². The van der Waals surface area contributed by atoms with Gasteiger partial charge in [0, 0.05) is 6.54 Å². The number of halogens is 2. The molecule has 5 nitrogen and oxygen atoms in total. The molecule has 0 saturated carbocycles. The van der Waals surface area contributed by atoms with Crippen molar-refractivity contribution in [2.75, 3.05) is 11.9 Å². The lowest BCUT2D eigenvalue weighted by Crippen LogP contribution is -2.27. The van der Waals surface area contributed by atoms with Crippen LogP contribution in [0.5, 0.6) is 0 Å². The van der Waals surface area contributed by atoms with Crippen molar-refractivity contribution in [1.29, 1.82) is 0 Å². The topological polar surface area (TPSA) is 71.1 Å². The lowest BCUT2D eigenvalue weighted by atomic mass is 10.1. The molecular formula is C18H19Cl2N3O2. The lowest BCUT2D eigenvalue weighted by Gasteiger charge is -2.10. The van der Waals surface area contributed by atoms with Gasteiger partial charge in [-0.2, -0.15) is 0 Å². The number of amides is 2. The zero-order valence-corrected chi connectivity index (χ0v) is 15.5. The van der Waals surface area contributed by atoms with E-state index in [-0.39, 0.29) is 17.3 Å². The van der Waals surface area contributed by atoms with E-state index < -0.39 is 5.91 Å². The van der Waals surface area contributed by atoms with Crippen LogP contribution in [0.2, 0.25) is 10.0 Å². The number of nitrogens with zero attached hydrogens (tertiary/aromatic N) is 1. The van der Waals surface area contributed by atoms with E-state index in [4.69, 9.17) is 23.2 Å². The molecule has 0 spiro atoms. The highest BCUT2D eigenvalue weighted by Crippen LogP contribution is 2.30. The largest absolute Gasteiger partial charge is 0.351 e. The summed E-state index contributed by atoms with van der Waals surface area (Å²) in [5.41, 5.74) is 0.596. The van der Waals surface area contributed by atoms with Gasteiger partial charge >= 0.3 is 0 Å². The fourth-order valence-electron chi connectivity index (χ4n) is 2.05. The van der Waals surface area contributed by atoms with E-state index in [9.17, 15) is 9.59 Å². The zero-order valence-electron chi connectivity index (χ0n) is 14.0. The van der Waals surface area contributed by atoms with Gasteiger partial charge in [0.2, 0.25) is 0 Å². The third-order valence-corrected chi connectivity index (χ3v) is 4.05. The number of benzene rings is 1. The third-order valence-electron chi connectivity index (χ3n) is 3.42. The van der Waals surface area contributed by atoms with Crippen molar-refractivity contribution in [2.45, 2.75) is 20.3 Å². The Balaban J connectivity index is 2.10. The average Bonchev–Trinajstić information content (AvgIpc) is 2.58. The summed E-state index contributed by atoms with van der Waals surface area (Å²) >= 11 is 12.1. The first-order valence-corrected chi connectivity index (χ1v) is 8.64. The van der Waals surface area contributed by atoms with Crippen LogP contribution in [0.1, 0.15) is 41.2 Å². The molecule has 25 heavy (non-hydrogen) atoms. The van der Waals surface area contributed by atoms with Crippen molar-refractivity contribution in [1.82, 2.24) is 10.3 Å². The minimum absolute atomic E-state index is 0.104. The monoisotopic (exact) mass is 379 g/mol. The van der Waals surface area contributed by atoms with E-state index in [1.807, 2.05) is 0 Å². The Labute approximate surface area is 156 Å². The maximum Gasteiger partial charge on any atom is 0.274 e. The van der Waals surface area contributed by atoms with E-state index in [0.29, 0.717) is 28.2 Å². The predicted molar refractivity (Wildman–Crippen MR) is 100 cm³/mol. The van der Waals surface area contributed by atoms with Gasteiger partial charge in [-0.05, 0) is 36.6 Å². The summed E-state index contributed by atoms with van der Waals surface area (Å²) in [5.74, 6) is -0.316. The molecule has 0 radical (unpaired) electrons. The van der Waals surface area contributed by atoms with Crippen LogP contribution in [0, 0.1) is 5.92 Å². The molecule has 0 saturated heterocycles. The quantitative estimate of drug-likeness (QED) is 0.780.